The van der Waals surface area contributed by atoms with Crippen LogP contribution in [0.1, 0.15) is 32.1 Å². The highest BCUT2D eigenvalue weighted by molar-refractivity contribution is 7.93. The number of aromatic nitrogens is 1. The third-order valence-corrected chi connectivity index (χ3v) is 7.03. The van der Waals surface area contributed by atoms with Crippen molar-refractivity contribution in [1.82, 2.24) is 4.98 Å². The number of hydrogen-bond acceptors (Lipinski definition) is 6. The van der Waals surface area contributed by atoms with Crippen LogP contribution in [0, 0.1) is 17.1 Å². The Labute approximate surface area is 166 Å². The van der Waals surface area contributed by atoms with Gasteiger partial charge in [0.05, 0.1) is 10.7 Å². The number of anilines is 2. The maximum Gasteiger partial charge on any atom is 0.266 e. The molecule has 0 saturated heterocycles. The molecule has 0 bridgehead atoms. The highest BCUT2D eigenvalue weighted by atomic mass is 35.5. The molecule has 0 atom stereocenters. The number of halogens is 2. The van der Waals surface area contributed by atoms with Gasteiger partial charge in [-0.3, -0.25) is 4.72 Å². The van der Waals surface area contributed by atoms with Crippen molar-refractivity contribution in [2.75, 3.05) is 16.6 Å². The van der Waals surface area contributed by atoms with Gasteiger partial charge in [-0.05, 0) is 50.2 Å². The zero-order valence-corrected chi connectivity index (χ0v) is 16.9. The molecule has 6 nitrogen and oxygen atoms in total. The molecule has 3 N–H and O–H groups in total. The molecule has 27 heavy (non-hydrogen) atoms. The lowest BCUT2D eigenvalue weighted by molar-refractivity contribution is 0.421. The molecular weight excluding hydrogens is 411 g/mol. The van der Waals surface area contributed by atoms with Crippen molar-refractivity contribution >= 4 is 49.5 Å². The lowest BCUT2D eigenvalue weighted by Crippen LogP contribution is -2.17. The fourth-order valence-electron chi connectivity index (χ4n) is 3.04. The van der Waals surface area contributed by atoms with Crippen LogP contribution in [0.5, 0.6) is 0 Å². The van der Waals surface area contributed by atoms with Gasteiger partial charge in [-0.1, -0.05) is 11.6 Å². The van der Waals surface area contributed by atoms with E-state index in [-0.39, 0.29) is 10.2 Å². The summed E-state index contributed by atoms with van der Waals surface area (Å²) in [7, 11) is -4.11. The minimum atomic E-state index is -4.11. The fourth-order valence-corrected chi connectivity index (χ4v) is 5.21. The van der Waals surface area contributed by atoms with Crippen molar-refractivity contribution in [2.45, 2.75) is 37.0 Å². The Morgan fingerprint density at radius 1 is 1.33 bits per heavy atom. The predicted octanol–water partition coefficient (Wildman–Crippen LogP) is 4.75. The van der Waals surface area contributed by atoms with E-state index in [4.69, 9.17) is 17.0 Å². The number of nitrogens with one attached hydrogen (secondary N) is 3. The molecule has 1 fully saturated rings. The molecule has 3 rings (SSSR count). The van der Waals surface area contributed by atoms with Crippen LogP contribution in [0.3, 0.4) is 0 Å². The predicted molar refractivity (Wildman–Crippen MR) is 107 cm³/mol. The summed E-state index contributed by atoms with van der Waals surface area (Å²) in [6.07, 6.45) is 6.05. The third kappa shape index (κ3) is 5.18. The molecular formula is C17H20ClFN4O2S2. The molecule has 1 saturated carbocycles. The molecule has 0 aliphatic heterocycles. The summed E-state index contributed by atoms with van der Waals surface area (Å²) in [5, 5.41) is 12.6. The zero-order valence-electron chi connectivity index (χ0n) is 14.5. The Morgan fingerprint density at radius 3 is 2.74 bits per heavy atom. The quantitative estimate of drug-likeness (QED) is 0.590. The molecule has 0 spiro atoms. The number of sulfonamides is 1. The molecule has 146 valence electrons. The minimum absolute atomic E-state index is 0.140. The van der Waals surface area contributed by atoms with Crippen molar-refractivity contribution < 1.29 is 12.8 Å². The van der Waals surface area contributed by atoms with Gasteiger partial charge in [0.1, 0.15) is 10.7 Å². The van der Waals surface area contributed by atoms with E-state index in [2.05, 4.69) is 15.0 Å². The van der Waals surface area contributed by atoms with Crippen molar-refractivity contribution in [1.29, 1.82) is 5.41 Å². The van der Waals surface area contributed by atoms with Crippen molar-refractivity contribution in [3.63, 3.8) is 0 Å². The summed E-state index contributed by atoms with van der Waals surface area (Å²) in [6, 6.07) is 2.21. The topological polar surface area (TPSA) is 94.9 Å². The smallest absolute Gasteiger partial charge is 0.266 e. The first kappa shape index (κ1) is 20.0. The fraction of sp³-hybridized carbons (Fsp3) is 0.412. The lowest BCUT2D eigenvalue weighted by Gasteiger charge is -2.22. The number of thiazole rings is 1. The van der Waals surface area contributed by atoms with Crippen molar-refractivity contribution in [3.8, 4) is 0 Å². The van der Waals surface area contributed by atoms with Gasteiger partial charge in [-0.25, -0.2) is 17.8 Å². The maximum absolute atomic E-state index is 14.4. The normalized spacial score (nSPS) is 17.7. The summed E-state index contributed by atoms with van der Waals surface area (Å²) in [5.41, 5.74) is 1.18. The van der Waals surface area contributed by atoms with E-state index in [1.165, 1.54) is 6.20 Å². The highest BCUT2D eigenvalue weighted by Crippen LogP contribution is 2.30. The second-order valence-electron chi connectivity index (χ2n) is 6.47. The van der Waals surface area contributed by atoms with Gasteiger partial charge in [0.2, 0.25) is 0 Å². The van der Waals surface area contributed by atoms with Gasteiger partial charge in [0.15, 0.2) is 5.13 Å². The van der Waals surface area contributed by atoms with E-state index in [1.54, 1.807) is 5.38 Å². The van der Waals surface area contributed by atoms with Gasteiger partial charge in [0, 0.05) is 23.8 Å². The van der Waals surface area contributed by atoms with Crippen molar-refractivity contribution in [3.05, 3.63) is 34.5 Å². The van der Waals surface area contributed by atoms with Crippen LogP contribution in [-0.4, -0.2) is 25.7 Å². The molecule has 1 aromatic carbocycles. The zero-order chi connectivity index (χ0) is 19.4. The van der Waals surface area contributed by atoms with Crippen LogP contribution in [0.25, 0.3) is 0 Å². The third-order valence-electron chi connectivity index (χ3n) is 4.54. The number of rotatable bonds is 7. The van der Waals surface area contributed by atoms with E-state index in [9.17, 15) is 12.8 Å². The number of hydrogen-bond donors (Lipinski definition) is 3. The minimum Gasteiger partial charge on any atom is -0.384 e. The molecule has 2 aromatic rings. The second kappa shape index (κ2) is 8.53. The van der Waals surface area contributed by atoms with Gasteiger partial charge in [0.25, 0.3) is 10.0 Å². The monoisotopic (exact) mass is 430 g/mol. The summed E-state index contributed by atoms with van der Waals surface area (Å²) in [5.74, 6) is -0.338. The molecule has 1 aliphatic carbocycles. The average Bonchev–Trinajstić information content (AvgIpc) is 3.11. The van der Waals surface area contributed by atoms with Crippen LogP contribution in [-0.2, 0) is 10.0 Å². The molecule has 1 heterocycles. The summed E-state index contributed by atoms with van der Waals surface area (Å²) < 4.78 is 41.4. The van der Waals surface area contributed by atoms with Gasteiger partial charge < -0.3 is 10.7 Å². The Kier molecular flexibility index (Phi) is 6.33. The Morgan fingerprint density at radius 2 is 2.07 bits per heavy atom. The van der Waals surface area contributed by atoms with Crippen LogP contribution >= 0.6 is 22.9 Å². The van der Waals surface area contributed by atoms with Crippen LogP contribution in [0.15, 0.2) is 28.6 Å². The molecule has 1 aromatic heterocycles. The van der Waals surface area contributed by atoms with Crippen LogP contribution in [0.4, 0.5) is 15.2 Å². The largest absolute Gasteiger partial charge is 0.384 e. The summed E-state index contributed by atoms with van der Waals surface area (Å²) >= 11 is 7.27. The first-order valence-electron chi connectivity index (χ1n) is 8.56. The number of benzene rings is 1. The molecule has 1 aliphatic rings. The Balaban J connectivity index is 1.65. The van der Waals surface area contributed by atoms with Crippen LogP contribution in [0.2, 0.25) is 5.02 Å². The first-order valence-corrected chi connectivity index (χ1v) is 11.3. The van der Waals surface area contributed by atoms with Gasteiger partial charge in [-0.15, -0.1) is 11.3 Å². The highest BCUT2D eigenvalue weighted by Gasteiger charge is 2.23. The van der Waals surface area contributed by atoms with E-state index >= 15 is 0 Å². The van der Waals surface area contributed by atoms with E-state index in [1.807, 2.05) is 0 Å². The molecule has 10 heteroatoms. The second-order valence-corrected chi connectivity index (χ2v) is 9.42. The summed E-state index contributed by atoms with van der Waals surface area (Å²) in [6.45, 7) is 0.612. The average molecular weight is 431 g/mol. The van der Waals surface area contributed by atoms with Crippen LogP contribution < -0.4 is 10.0 Å². The number of nitrogens with zero attached hydrogens (tertiary/aromatic N) is 1. The Bertz CT molecular complexity index is 909. The first-order chi connectivity index (χ1) is 12.8. The molecule has 0 unspecified atom stereocenters. The summed E-state index contributed by atoms with van der Waals surface area (Å²) in [4.78, 5) is 3.32. The van der Waals surface area contributed by atoms with E-state index in [0.717, 1.165) is 61.3 Å². The SMILES string of the molecule is N=C1CCC(CCNc2cc(F)c(S(=O)(=O)Nc3nccs3)cc2Cl)CC1. The van der Waals surface area contributed by atoms with E-state index in [0.29, 0.717) is 18.2 Å². The maximum atomic E-state index is 14.4. The van der Waals surface area contributed by atoms with E-state index < -0.39 is 20.7 Å². The van der Waals surface area contributed by atoms with Crippen molar-refractivity contribution in [2.24, 2.45) is 5.92 Å². The molecule has 0 radical (unpaired) electrons. The standard InChI is InChI=1S/C17H20ClFN4O2S2/c18-13-9-16(27(24,25)23-17-22-7-8-26-17)14(19)10-15(13)21-6-5-11-1-3-12(20)4-2-11/h7-11,20-21H,1-6H2,(H,22,23). The lowest BCUT2D eigenvalue weighted by atomic mass is 9.86. The van der Waals surface area contributed by atoms with Gasteiger partial charge >= 0.3 is 0 Å². The van der Waals surface area contributed by atoms with Gasteiger partial charge in [-0.2, -0.15) is 0 Å². The Hall–Kier alpha value is -1.71. The molecule has 0 amide bonds.